The summed E-state index contributed by atoms with van der Waals surface area (Å²) in [7, 11) is 1.80. The predicted octanol–water partition coefficient (Wildman–Crippen LogP) is 0.454. The SMILES string of the molecule is CC1CCNC(C(=O)N2CCN(C)C(=O)C2(C)C)C1. The summed E-state index contributed by atoms with van der Waals surface area (Å²) >= 11 is 0. The van der Waals surface area contributed by atoms with Crippen LogP contribution in [0, 0.1) is 5.92 Å². The van der Waals surface area contributed by atoms with Gasteiger partial charge in [-0.25, -0.2) is 0 Å². The number of hydrogen-bond acceptors (Lipinski definition) is 3. The fourth-order valence-electron chi connectivity index (χ4n) is 3.08. The van der Waals surface area contributed by atoms with E-state index in [4.69, 9.17) is 0 Å². The minimum absolute atomic E-state index is 0.0240. The zero-order chi connectivity index (χ0) is 14.2. The molecule has 0 aliphatic carbocycles. The standard InChI is InChI=1S/C14H25N3O2/c1-10-5-6-15-11(9-10)12(18)17-8-7-16(4)13(19)14(17,2)3/h10-11,15H,5-9H2,1-4H3. The molecule has 2 atom stereocenters. The minimum Gasteiger partial charge on any atom is -0.342 e. The predicted molar refractivity (Wildman–Crippen MR) is 73.6 cm³/mol. The van der Waals surface area contributed by atoms with Crippen molar-refractivity contribution >= 4 is 11.8 Å². The number of carbonyl (C=O) groups is 2. The highest BCUT2D eigenvalue weighted by molar-refractivity contribution is 5.93. The van der Waals surface area contributed by atoms with E-state index in [9.17, 15) is 9.59 Å². The molecule has 5 heteroatoms. The van der Waals surface area contributed by atoms with E-state index in [2.05, 4.69) is 12.2 Å². The molecule has 2 amide bonds. The van der Waals surface area contributed by atoms with Crippen molar-refractivity contribution in [3.63, 3.8) is 0 Å². The lowest BCUT2D eigenvalue weighted by molar-refractivity contribution is -0.158. The summed E-state index contributed by atoms with van der Waals surface area (Å²) in [5, 5.41) is 3.29. The van der Waals surface area contributed by atoms with Crippen LogP contribution in [0.15, 0.2) is 0 Å². The number of hydrogen-bond donors (Lipinski definition) is 1. The van der Waals surface area contributed by atoms with Crippen molar-refractivity contribution in [3.05, 3.63) is 0 Å². The Morgan fingerprint density at radius 3 is 2.68 bits per heavy atom. The Labute approximate surface area is 115 Å². The van der Waals surface area contributed by atoms with Crippen molar-refractivity contribution < 1.29 is 9.59 Å². The van der Waals surface area contributed by atoms with Crippen molar-refractivity contribution in [1.82, 2.24) is 15.1 Å². The number of nitrogens with one attached hydrogen (secondary N) is 1. The van der Waals surface area contributed by atoms with E-state index in [1.54, 1.807) is 16.8 Å². The van der Waals surface area contributed by atoms with Gasteiger partial charge in [-0.05, 0) is 39.2 Å². The van der Waals surface area contributed by atoms with Crippen molar-refractivity contribution in [2.24, 2.45) is 5.92 Å². The molecular weight excluding hydrogens is 242 g/mol. The van der Waals surface area contributed by atoms with Crippen LogP contribution in [0.5, 0.6) is 0 Å². The van der Waals surface area contributed by atoms with Crippen molar-refractivity contribution in [2.45, 2.75) is 45.2 Å². The molecule has 0 spiro atoms. The van der Waals surface area contributed by atoms with E-state index < -0.39 is 5.54 Å². The van der Waals surface area contributed by atoms with Gasteiger partial charge in [-0.15, -0.1) is 0 Å². The number of nitrogens with zero attached hydrogens (tertiary/aromatic N) is 2. The van der Waals surface area contributed by atoms with Gasteiger partial charge in [0.2, 0.25) is 11.8 Å². The van der Waals surface area contributed by atoms with E-state index in [-0.39, 0.29) is 17.9 Å². The molecule has 2 aliphatic heterocycles. The molecule has 0 aromatic rings. The van der Waals surface area contributed by atoms with Gasteiger partial charge in [0, 0.05) is 20.1 Å². The highest BCUT2D eigenvalue weighted by atomic mass is 16.2. The second kappa shape index (κ2) is 5.12. The molecule has 2 aliphatic rings. The zero-order valence-electron chi connectivity index (χ0n) is 12.4. The number of piperidine rings is 1. The molecule has 2 fully saturated rings. The molecule has 2 saturated heterocycles. The van der Waals surface area contributed by atoms with Crippen LogP contribution >= 0.6 is 0 Å². The largest absolute Gasteiger partial charge is 0.342 e. The number of carbonyl (C=O) groups excluding carboxylic acids is 2. The van der Waals surface area contributed by atoms with Crippen LogP contribution in [-0.4, -0.2) is 59.9 Å². The van der Waals surface area contributed by atoms with Gasteiger partial charge in [0.1, 0.15) is 5.54 Å². The summed E-state index contributed by atoms with van der Waals surface area (Å²) < 4.78 is 0. The molecule has 5 nitrogen and oxygen atoms in total. The highest BCUT2D eigenvalue weighted by Gasteiger charge is 2.44. The lowest BCUT2D eigenvalue weighted by atomic mass is 9.91. The lowest BCUT2D eigenvalue weighted by Gasteiger charge is -2.46. The molecule has 0 aromatic carbocycles. The van der Waals surface area contributed by atoms with Gasteiger partial charge >= 0.3 is 0 Å². The molecule has 0 bridgehead atoms. The Hall–Kier alpha value is -1.10. The Balaban J connectivity index is 2.12. The second-order valence-electron chi connectivity index (χ2n) is 6.41. The maximum Gasteiger partial charge on any atom is 0.247 e. The summed E-state index contributed by atoms with van der Waals surface area (Å²) in [5.74, 6) is 0.676. The van der Waals surface area contributed by atoms with Crippen LogP contribution in [0.1, 0.15) is 33.6 Å². The maximum absolute atomic E-state index is 12.7. The Morgan fingerprint density at radius 1 is 1.37 bits per heavy atom. The molecule has 1 N–H and O–H groups in total. The minimum atomic E-state index is -0.730. The average Bonchev–Trinajstić information content (AvgIpc) is 2.35. The molecular formula is C14H25N3O2. The van der Waals surface area contributed by atoms with Gasteiger partial charge in [-0.3, -0.25) is 9.59 Å². The maximum atomic E-state index is 12.7. The van der Waals surface area contributed by atoms with Gasteiger partial charge in [0.05, 0.1) is 6.04 Å². The third kappa shape index (κ3) is 2.61. The summed E-state index contributed by atoms with van der Waals surface area (Å²) in [6.07, 6.45) is 1.99. The molecule has 0 radical (unpaired) electrons. The fourth-order valence-corrected chi connectivity index (χ4v) is 3.08. The summed E-state index contributed by atoms with van der Waals surface area (Å²) in [4.78, 5) is 28.3. The smallest absolute Gasteiger partial charge is 0.247 e. The van der Waals surface area contributed by atoms with E-state index >= 15 is 0 Å². The monoisotopic (exact) mass is 267 g/mol. The van der Waals surface area contributed by atoms with Gasteiger partial charge in [-0.1, -0.05) is 6.92 Å². The van der Waals surface area contributed by atoms with Crippen LogP contribution < -0.4 is 5.32 Å². The average molecular weight is 267 g/mol. The molecule has 2 rings (SSSR count). The molecule has 19 heavy (non-hydrogen) atoms. The van der Waals surface area contributed by atoms with Gasteiger partial charge < -0.3 is 15.1 Å². The quantitative estimate of drug-likeness (QED) is 0.750. The first-order chi connectivity index (χ1) is 8.84. The number of piperazine rings is 1. The number of rotatable bonds is 1. The van der Waals surface area contributed by atoms with Crippen LogP contribution in [0.3, 0.4) is 0 Å². The zero-order valence-corrected chi connectivity index (χ0v) is 12.4. The van der Waals surface area contributed by atoms with Crippen molar-refractivity contribution in [2.75, 3.05) is 26.7 Å². The topological polar surface area (TPSA) is 52.7 Å². The molecule has 0 aromatic heterocycles. The van der Waals surface area contributed by atoms with E-state index in [1.807, 2.05) is 13.8 Å². The van der Waals surface area contributed by atoms with Gasteiger partial charge in [0.25, 0.3) is 0 Å². The number of likely N-dealkylation sites (N-methyl/N-ethyl adjacent to an activating group) is 1. The normalized spacial score (nSPS) is 31.5. The molecule has 2 unspecified atom stereocenters. The first-order valence-electron chi connectivity index (χ1n) is 7.14. The number of amides is 2. The first kappa shape index (κ1) is 14.3. The van der Waals surface area contributed by atoms with Crippen LogP contribution in [0.2, 0.25) is 0 Å². The Bertz CT molecular complexity index is 381. The molecule has 108 valence electrons. The second-order valence-corrected chi connectivity index (χ2v) is 6.41. The first-order valence-corrected chi connectivity index (χ1v) is 7.14. The highest BCUT2D eigenvalue weighted by Crippen LogP contribution is 2.25. The third-order valence-corrected chi connectivity index (χ3v) is 4.43. The van der Waals surface area contributed by atoms with Crippen LogP contribution in [0.25, 0.3) is 0 Å². The summed E-state index contributed by atoms with van der Waals surface area (Å²) in [6, 6.07) is -0.126. The summed E-state index contributed by atoms with van der Waals surface area (Å²) in [5.41, 5.74) is -0.730. The van der Waals surface area contributed by atoms with E-state index in [0.717, 1.165) is 19.4 Å². The van der Waals surface area contributed by atoms with Crippen LogP contribution in [-0.2, 0) is 9.59 Å². The van der Waals surface area contributed by atoms with E-state index in [1.165, 1.54) is 0 Å². The molecule has 0 saturated carbocycles. The Morgan fingerprint density at radius 2 is 2.05 bits per heavy atom. The summed E-state index contributed by atoms with van der Waals surface area (Å²) in [6.45, 7) is 8.00. The van der Waals surface area contributed by atoms with Crippen molar-refractivity contribution in [3.8, 4) is 0 Å². The van der Waals surface area contributed by atoms with Crippen LogP contribution in [0.4, 0.5) is 0 Å². The fraction of sp³-hybridized carbons (Fsp3) is 0.857. The van der Waals surface area contributed by atoms with Gasteiger partial charge in [0.15, 0.2) is 0 Å². The van der Waals surface area contributed by atoms with Crippen molar-refractivity contribution in [1.29, 1.82) is 0 Å². The molecule has 2 heterocycles. The van der Waals surface area contributed by atoms with E-state index in [0.29, 0.717) is 19.0 Å². The Kier molecular flexibility index (Phi) is 3.85. The lowest BCUT2D eigenvalue weighted by Crippen LogP contribution is -2.66. The third-order valence-electron chi connectivity index (χ3n) is 4.43. The van der Waals surface area contributed by atoms with Gasteiger partial charge in [-0.2, -0.15) is 0 Å².